The zero-order valence-electron chi connectivity index (χ0n) is 11.8. The van der Waals surface area contributed by atoms with Crippen LogP contribution < -0.4 is 9.47 Å². The predicted octanol–water partition coefficient (Wildman–Crippen LogP) is 3.33. The number of aromatic nitrogens is 4. The van der Waals surface area contributed by atoms with Gasteiger partial charge in [-0.2, -0.15) is 9.97 Å². The number of halogens is 1. The van der Waals surface area contributed by atoms with E-state index in [9.17, 15) is 0 Å². The summed E-state index contributed by atoms with van der Waals surface area (Å²) < 4.78 is 10.2. The van der Waals surface area contributed by atoms with Crippen molar-refractivity contribution >= 4 is 22.9 Å². The van der Waals surface area contributed by atoms with Crippen LogP contribution in [0.1, 0.15) is 0 Å². The minimum absolute atomic E-state index is 0.210. The van der Waals surface area contributed by atoms with Crippen molar-refractivity contribution in [3.8, 4) is 33.0 Å². The highest BCUT2D eigenvalue weighted by Crippen LogP contribution is 2.38. The number of nitrogens with zero attached hydrogens (tertiary/aromatic N) is 4. The standard InChI is InChI=1S/C14H11ClN4O2S/c1-20-10-6-9(17-14(18-10)21-2)11-12(15)19-13(22-11)8-4-3-5-16-7-8/h3-7H,1-2H3. The highest BCUT2D eigenvalue weighted by molar-refractivity contribution is 7.19. The van der Waals surface area contributed by atoms with Gasteiger partial charge in [-0.25, -0.2) is 4.98 Å². The largest absolute Gasteiger partial charge is 0.481 e. The number of ether oxygens (including phenoxy) is 2. The lowest BCUT2D eigenvalue weighted by atomic mass is 10.3. The van der Waals surface area contributed by atoms with Crippen LogP contribution in [0.25, 0.3) is 21.1 Å². The molecule has 3 aromatic heterocycles. The fourth-order valence-corrected chi connectivity index (χ4v) is 3.04. The number of hydrogen-bond acceptors (Lipinski definition) is 7. The fourth-order valence-electron chi connectivity index (χ4n) is 1.79. The van der Waals surface area contributed by atoms with Gasteiger partial charge in [-0.3, -0.25) is 4.98 Å². The van der Waals surface area contributed by atoms with Crippen LogP contribution in [0.4, 0.5) is 0 Å². The number of thiazole rings is 1. The molecule has 8 heteroatoms. The molecule has 112 valence electrons. The smallest absolute Gasteiger partial charge is 0.320 e. The van der Waals surface area contributed by atoms with Gasteiger partial charge in [-0.15, -0.1) is 11.3 Å². The van der Waals surface area contributed by atoms with Gasteiger partial charge < -0.3 is 9.47 Å². The molecule has 0 unspecified atom stereocenters. The molecule has 3 heterocycles. The van der Waals surface area contributed by atoms with Gasteiger partial charge in [0.15, 0.2) is 0 Å². The maximum atomic E-state index is 6.26. The molecule has 0 N–H and O–H groups in total. The molecular weight excluding hydrogens is 324 g/mol. The lowest BCUT2D eigenvalue weighted by Gasteiger charge is -2.04. The molecule has 0 saturated carbocycles. The van der Waals surface area contributed by atoms with E-state index in [2.05, 4.69) is 19.9 Å². The average Bonchev–Trinajstić information content (AvgIpc) is 2.97. The van der Waals surface area contributed by atoms with E-state index in [1.54, 1.807) is 18.5 Å². The molecule has 22 heavy (non-hydrogen) atoms. The number of hydrogen-bond donors (Lipinski definition) is 0. The van der Waals surface area contributed by atoms with Crippen molar-refractivity contribution in [2.75, 3.05) is 14.2 Å². The van der Waals surface area contributed by atoms with Gasteiger partial charge in [0.2, 0.25) is 5.88 Å². The summed E-state index contributed by atoms with van der Waals surface area (Å²) in [6.07, 6.45) is 3.44. The zero-order chi connectivity index (χ0) is 15.5. The van der Waals surface area contributed by atoms with E-state index in [-0.39, 0.29) is 6.01 Å². The molecule has 0 aromatic carbocycles. The summed E-state index contributed by atoms with van der Waals surface area (Å²) in [6.45, 7) is 0. The van der Waals surface area contributed by atoms with Gasteiger partial charge in [-0.05, 0) is 12.1 Å². The Morgan fingerprint density at radius 1 is 1.14 bits per heavy atom. The van der Waals surface area contributed by atoms with Crippen LogP contribution in [0.5, 0.6) is 11.9 Å². The van der Waals surface area contributed by atoms with E-state index in [1.165, 1.54) is 25.6 Å². The van der Waals surface area contributed by atoms with Crippen molar-refractivity contribution in [3.63, 3.8) is 0 Å². The molecule has 0 saturated heterocycles. The van der Waals surface area contributed by atoms with Crippen LogP contribution in [0.2, 0.25) is 5.15 Å². The highest BCUT2D eigenvalue weighted by Gasteiger charge is 2.16. The Hall–Kier alpha value is -2.25. The fraction of sp³-hybridized carbons (Fsp3) is 0.143. The first-order valence-electron chi connectivity index (χ1n) is 6.25. The van der Waals surface area contributed by atoms with E-state index in [1.807, 2.05) is 12.1 Å². The minimum Gasteiger partial charge on any atom is -0.481 e. The first-order valence-corrected chi connectivity index (χ1v) is 7.45. The summed E-state index contributed by atoms with van der Waals surface area (Å²) in [6, 6.07) is 5.67. The predicted molar refractivity (Wildman–Crippen MR) is 84.5 cm³/mol. The lowest BCUT2D eigenvalue weighted by molar-refractivity contribution is 0.353. The van der Waals surface area contributed by atoms with Crippen LogP contribution in [0.15, 0.2) is 30.6 Å². The Bertz CT molecular complexity index is 773. The third-order valence-electron chi connectivity index (χ3n) is 2.80. The second-order valence-electron chi connectivity index (χ2n) is 4.16. The van der Waals surface area contributed by atoms with Crippen molar-refractivity contribution in [1.82, 2.24) is 19.9 Å². The molecule has 3 aromatic rings. The van der Waals surface area contributed by atoms with Crippen molar-refractivity contribution in [2.45, 2.75) is 0 Å². The van der Waals surface area contributed by atoms with Crippen molar-refractivity contribution in [3.05, 3.63) is 35.7 Å². The quantitative estimate of drug-likeness (QED) is 0.729. The normalized spacial score (nSPS) is 10.5. The molecule has 0 fully saturated rings. The Balaban J connectivity index is 2.08. The Kier molecular flexibility index (Phi) is 4.17. The Morgan fingerprint density at radius 2 is 2.00 bits per heavy atom. The van der Waals surface area contributed by atoms with Crippen molar-refractivity contribution in [1.29, 1.82) is 0 Å². The SMILES string of the molecule is COc1cc(-c2sc(-c3cccnc3)nc2Cl)nc(OC)n1. The third kappa shape index (κ3) is 2.86. The van der Waals surface area contributed by atoms with Crippen molar-refractivity contribution < 1.29 is 9.47 Å². The van der Waals surface area contributed by atoms with Gasteiger partial charge in [0.05, 0.1) is 24.8 Å². The van der Waals surface area contributed by atoms with Crippen LogP contribution >= 0.6 is 22.9 Å². The summed E-state index contributed by atoms with van der Waals surface area (Å²) in [7, 11) is 3.02. The van der Waals surface area contributed by atoms with E-state index in [0.29, 0.717) is 16.7 Å². The zero-order valence-corrected chi connectivity index (χ0v) is 13.4. The maximum absolute atomic E-state index is 6.26. The topological polar surface area (TPSA) is 70.0 Å². The molecule has 0 aliphatic carbocycles. The molecule has 0 spiro atoms. The summed E-state index contributed by atoms with van der Waals surface area (Å²) in [5, 5.41) is 1.14. The molecule has 0 amide bonds. The summed E-state index contributed by atoms with van der Waals surface area (Å²) in [5.41, 5.74) is 1.50. The van der Waals surface area contributed by atoms with Gasteiger partial charge in [0.25, 0.3) is 0 Å². The van der Waals surface area contributed by atoms with E-state index in [0.717, 1.165) is 15.4 Å². The van der Waals surface area contributed by atoms with Gasteiger partial charge in [-0.1, -0.05) is 11.6 Å². The maximum Gasteiger partial charge on any atom is 0.320 e. The van der Waals surface area contributed by atoms with Crippen molar-refractivity contribution in [2.24, 2.45) is 0 Å². The van der Waals surface area contributed by atoms with Gasteiger partial charge in [0, 0.05) is 24.0 Å². The first-order chi connectivity index (χ1) is 10.7. The van der Waals surface area contributed by atoms with Crippen LogP contribution in [0, 0.1) is 0 Å². The van der Waals surface area contributed by atoms with Crippen LogP contribution in [0.3, 0.4) is 0 Å². The molecule has 0 aliphatic heterocycles. The molecule has 0 radical (unpaired) electrons. The molecule has 3 rings (SSSR count). The second-order valence-corrected chi connectivity index (χ2v) is 5.52. The third-order valence-corrected chi connectivity index (χ3v) is 4.31. The lowest BCUT2D eigenvalue weighted by Crippen LogP contribution is -1.96. The van der Waals surface area contributed by atoms with Crippen LogP contribution in [-0.2, 0) is 0 Å². The highest BCUT2D eigenvalue weighted by atomic mass is 35.5. The first kappa shape index (κ1) is 14.7. The average molecular weight is 335 g/mol. The van der Waals surface area contributed by atoms with E-state index in [4.69, 9.17) is 21.1 Å². The second kappa shape index (κ2) is 6.25. The Morgan fingerprint density at radius 3 is 2.68 bits per heavy atom. The molecule has 6 nitrogen and oxygen atoms in total. The molecular formula is C14H11ClN4O2S. The summed E-state index contributed by atoms with van der Waals surface area (Å²) in [4.78, 5) is 17.5. The van der Waals surface area contributed by atoms with Crippen LogP contribution in [-0.4, -0.2) is 34.2 Å². The number of pyridine rings is 1. The molecule has 0 bridgehead atoms. The minimum atomic E-state index is 0.210. The summed E-state index contributed by atoms with van der Waals surface area (Å²) >= 11 is 7.68. The van der Waals surface area contributed by atoms with E-state index < -0.39 is 0 Å². The Labute approximate surface area is 135 Å². The monoisotopic (exact) mass is 334 g/mol. The van der Waals surface area contributed by atoms with Gasteiger partial charge >= 0.3 is 6.01 Å². The van der Waals surface area contributed by atoms with E-state index >= 15 is 0 Å². The molecule has 0 atom stereocenters. The summed E-state index contributed by atoms with van der Waals surface area (Å²) in [5.74, 6) is 0.397. The molecule has 0 aliphatic rings. The number of methoxy groups -OCH3 is 2. The van der Waals surface area contributed by atoms with Gasteiger partial charge in [0.1, 0.15) is 10.2 Å². The number of rotatable bonds is 4.